The monoisotopic (exact) mass is 347 g/mol. The molecule has 0 aliphatic rings. The van der Waals surface area contributed by atoms with Gasteiger partial charge in [0.05, 0.1) is 17.2 Å². The second-order valence-electron chi connectivity index (χ2n) is 4.19. The maximum atomic E-state index is 11.9. The number of aromatic nitrogens is 1. The Morgan fingerprint density at radius 2 is 2.00 bits per heavy atom. The Hall–Kier alpha value is -1.14. The topological polar surface area (TPSA) is 68.0 Å². The minimum Gasteiger partial charge on any atom is -0.349 e. The van der Waals surface area contributed by atoms with Gasteiger partial charge in [-0.05, 0) is 12.0 Å². The van der Waals surface area contributed by atoms with E-state index in [2.05, 4.69) is 17.2 Å². The van der Waals surface area contributed by atoms with Gasteiger partial charge in [0.1, 0.15) is 6.04 Å². The third-order valence-corrected chi connectivity index (χ3v) is 3.83. The zero-order valence-corrected chi connectivity index (χ0v) is 14.1. The molecule has 0 fully saturated rings. The van der Waals surface area contributed by atoms with Gasteiger partial charge >= 0.3 is 0 Å². The van der Waals surface area contributed by atoms with E-state index < -0.39 is 6.04 Å². The SMILES string of the molecule is CCc1nc(CNC(=O)C(N)c2ccccc2)cs1.Cl.Cl. The fraction of sp³-hybridized carbons (Fsp3) is 0.286. The molecule has 1 amide bonds. The number of carbonyl (C=O) groups is 1. The third-order valence-electron chi connectivity index (χ3n) is 2.79. The lowest BCUT2D eigenvalue weighted by Crippen LogP contribution is -2.33. The van der Waals surface area contributed by atoms with E-state index in [1.54, 1.807) is 11.3 Å². The summed E-state index contributed by atoms with van der Waals surface area (Å²) >= 11 is 1.61. The Morgan fingerprint density at radius 1 is 1.33 bits per heavy atom. The van der Waals surface area contributed by atoms with Crippen molar-refractivity contribution in [3.05, 3.63) is 52.0 Å². The molecule has 1 unspecified atom stereocenters. The first-order valence-corrected chi connectivity index (χ1v) is 7.10. The summed E-state index contributed by atoms with van der Waals surface area (Å²) in [6.45, 7) is 2.49. The smallest absolute Gasteiger partial charge is 0.241 e. The fourth-order valence-electron chi connectivity index (χ4n) is 1.69. The molecule has 0 spiro atoms. The van der Waals surface area contributed by atoms with Gasteiger partial charge in [0, 0.05) is 5.38 Å². The molecule has 116 valence electrons. The summed E-state index contributed by atoms with van der Waals surface area (Å²) in [5.41, 5.74) is 7.60. The first kappa shape index (κ1) is 19.9. The van der Waals surface area contributed by atoms with Crippen molar-refractivity contribution in [1.29, 1.82) is 0 Å². The summed E-state index contributed by atoms with van der Waals surface area (Å²) in [5, 5.41) is 5.86. The number of hydrogen-bond acceptors (Lipinski definition) is 4. The molecule has 3 N–H and O–H groups in total. The summed E-state index contributed by atoms with van der Waals surface area (Å²) in [6.07, 6.45) is 0.919. The van der Waals surface area contributed by atoms with Crippen molar-refractivity contribution in [2.45, 2.75) is 25.9 Å². The molecule has 1 atom stereocenters. The van der Waals surface area contributed by atoms with Crippen LogP contribution in [-0.2, 0) is 17.8 Å². The molecule has 1 aromatic carbocycles. The van der Waals surface area contributed by atoms with Gasteiger partial charge in [-0.1, -0.05) is 37.3 Å². The van der Waals surface area contributed by atoms with Crippen LogP contribution in [0.4, 0.5) is 0 Å². The number of nitrogens with zero attached hydrogens (tertiary/aromatic N) is 1. The predicted octanol–water partition coefficient (Wildman–Crippen LogP) is 2.87. The van der Waals surface area contributed by atoms with Gasteiger partial charge in [0.25, 0.3) is 0 Å². The zero-order valence-electron chi connectivity index (χ0n) is 11.6. The highest BCUT2D eigenvalue weighted by molar-refractivity contribution is 7.09. The van der Waals surface area contributed by atoms with E-state index >= 15 is 0 Å². The van der Waals surface area contributed by atoms with Crippen molar-refractivity contribution in [3.63, 3.8) is 0 Å². The van der Waals surface area contributed by atoms with Crippen molar-refractivity contribution in [2.24, 2.45) is 5.73 Å². The van der Waals surface area contributed by atoms with Gasteiger partial charge in [-0.2, -0.15) is 0 Å². The molecule has 0 aliphatic carbocycles. The number of rotatable bonds is 5. The van der Waals surface area contributed by atoms with Crippen molar-refractivity contribution in [2.75, 3.05) is 0 Å². The van der Waals surface area contributed by atoms with Crippen LogP contribution in [0.2, 0.25) is 0 Å². The van der Waals surface area contributed by atoms with Crippen molar-refractivity contribution in [3.8, 4) is 0 Å². The molecule has 1 aromatic heterocycles. The number of benzene rings is 1. The first-order valence-electron chi connectivity index (χ1n) is 6.22. The van der Waals surface area contributed by atoms with Crippen LogP contribution in [0.3, 0.4) is 0 Å². The average molecular weight is 348 g/mol. The van der Waals surface area contributed by atoms with Crippen molar-refractivity contribution in [1.82, 2.24) is 10.3 Å². The number of nitrogens with two attached hydrogens (primary N) is 1. The van der Waals surface area contributed by atoms with Crippen LogP contribution in [-0.4, -0.2) is 10.9 Å². The number of aryl methyl sites for hydroxylation is 1. The van der Waals surface area contributed by atoms with Crippen molar-refractivity contribution < 1.29 is 4.79 Å². The van der Waals surface area contributed by atoms with Crippen molar-refractivity contribution >= 4 is 42.1 Å². The summed E-state index contributed by atoms with van der Waals surface area (Å²) in [5.74, 6) is -0.183. The molecule has 0 aliphatic heterocycles. The molecular weight excluding hydrogens is 329 g/mol. The van der Waals surface area contributed by atoms with Crippen LogP contribution in [0.15, 0.2) is 35.7 Å². The Morgan fingerprint density at radius 3 is 2.57 bits per heavy atom. The van der Waals surface area contributed by atoms with E-state index in [4.69, 9.17) is 5.73 Å². The molecule has 1 heterocycles. The summed E-state index contributed by atoms with van der Waals surface area (Å²) < 4.78 is 0. The standard InChI is InChI=1S/C14H17N3OS.2ClH/c1-2-12-17-11(9-19-12)8-16-14(18)13(15)10-6-4-3-5-7-10;;/h3-7,9,13H,2,8,15H2,1H3,(H,16,18);2*1H. The lowest BCUT2D eigenvalue weighted by Gasteiger charge is -2.11. The summed E-state index contributed by atoms with van der Waals surface area (Å²) in [6, 6.07) is 8.71. The molecule has 2 rings (SSSR count). The number of amides is 1. The number of hydrogen-bond donors (Lipinski definition) is 2. The summed E-state index contributed by atoms with van der Waals surface area (Å²) in [7, 11) is 0. The molecule has 0 saturated carbocycles. The molecule has 0 bridgehead atoms. The van der Waals surface area contributed by atoms with Gasteiger partial charge in [-0.3, -0.25) is 4.79 Å². The third kappa shape index (κ3) is 5.63. The number of nitrogens with one attached hydrogen (secondary N) is 1. The lowest BCUT2D eigenvalue weighted by atomic mass is 10.1. The fourth-order valence-corrected chi connectivity index (χ4v) is 2.44. The normalized spacial score (nSPS) is 11.0. The molecule has 21 heavy (non-hydrogen) atoms. The number of thiazole rings is 1. The Labute approximate surface area is 141 Å². The van der Waals surface area contributed by atoms with Crippen LogP contribution in [0.5, 0.6) is 0 Å². The highest BCUT2D eigenvalue weighted by Crippen LogP contribution is 2.12. The van der Waals surface area contributed by atoms with Crippen LogP contribution in [0.1, 0.15) is 29.2 Å². The molecule has 0 saturated heterocycles. The number of halogens is 2. The van der Waals surface area contributed by atoms with E-state index in [0.717, 1.165) is 22.7 Å². The predicted molar refractivity (Wildman–Crippen MR) is 91.2 cm³/mol. The summed E-state index contributed by atoms with van der Waals surface area (Å²) in [4.78, 5) is 16.3. The van der Waals surface area contributed by atoms with Crippen LogP contribution in [0, 0.1) is 0 Å². The Kier molecular flexibility index (Phi) is 9.21. The zero-order chi connectivity index (χ0) is 13.7. The Bertz CT molecular complexity index is 548. The van der Waals surface area contributed by atoms with Gasteiger partial charge in [0.2, 0.25) is 5.91 Å². The quantitative estimate of drug-likeness (QED) is 0.873. The molecule has 4 nitrogen and oxygen atoms in total. The van der Waals surface area contributed by atoms with Crippen LogP contribution >= 0.6 is 36.2 Å². The van der Waals surface area contributed by atoms with Gasteiger partial charge in [0.15, 0.2) is 0 Å². The highest BCUT2D eigenvalue weighted by Gasteiger charge is 2.15. The first-order chi connectivity index (χ1) is 9.20. The largest absolute Gasteiger partial charge is 0.349 e. The van der Waals surface area contributed by atoms with E-state index in [0.29, 0.717) is 6.54 Å². The second-order valence-corrected chi connectivity index (χ2v) is 5.13. The number of carbonyl (C=O) groups excluding carboxylic acids is 1. The van der Waals surface area contributed by atoms with Crippen LogP contribution < -0.4 is 11.1 Å². The minimum absolute atomic E-state index is 0. The average Bonchev–Trinajstić information content (AvgIpc) is 2.93. The molecular formula is C14H19Cl2N3OS. The second kappa shape index (κ2) is 9.73. The van der Waals surface area contributed by atoms with Gasteiger partial charge < -0.3 is 11.1 Å². The molecule has 2 aromatic rings. The van der Waals surface area contributed by atoms with E-state index in [1.807, 2.05) is 35.7 Å². The lowest BCUT2D eigenvalue weighted by molar-refractivity contribution is -0.122. The van der Waals surface area contributed by atoms with Gasteiger partial charge in [-0.15, -0.1) is 36.2 Å². The van der Waals surface area contributed by atoms with E-state index in [9.17, 15) is 4.79 Å². The molecule has 7 heteroatoms. The Balaban J connectivity index is 0.00000200. The minimum atomic E-state index is -0.634. The van der Waals surface area contributed by atoms with Gasteiger partial charge in [-0.25, -0.2) is 4.98 Å². The highest BCUT2D eigenvalue weighted by atomic mass is 35.5. The molecule has 0 radical (unpaired) electrons. The van der Waals surface area contributed by atoms with E-state index in [-0.39, 0.29) is 30.7 Å². The maximum Gasteiger partial charge on any atom is 0.241 e. The van der Waals surface area contributed by atoms with Crippen LogP contribution in [0.25, 0.3) is 0 Å². The maximum absolute atomic E-state index is 11.9. The van der Waals surface area contributed by atoms with E-state index in [1.165, 1.54) is 0 Å².